The number of ketones is 1. The van der Waals surface area contributed by atoms with Crippen molar-refractivity contribution >= 4 is 35.0 Å². The average molecular weight is 289 g/mol. The molecule has 0 heterocycles. The molecule has 0 radical (unpaired) electrons. The van der Waals surface area contributed by atoms with Gasteiger partial charge < -0.3 is 9.84 Å². The predicted molar refractivity (Wildman–Crippen MR) is 66.3 cm³/mol. The maximum Gasteiger partial charge on any atom is 0.336 e. The first kappa shape index (κ1) is 13.3. The molecule has 0 bridgehead atoms. The second-order valence-corrected chi connectivity index (χ2v) is 4.96. The standard InChI is InChI=1S/C12H10Cl2O4/c1-18-12(11(16)17)5-7(12)10(15)6-2-3-8(13)9(14)4-6/h2-4,7H,5H2,1H3,(H,16,17). The minimum Gasteiger partial charge on any atom is -0.479 e. The predicted octanol–water partition coefficient (Wildman–Crippen LogP) is 2.67. The molecule has 96 valence electrons. The van der Waals surface area contributed by atoms with E-state index in [2.05, 4.69) is 0 Å². The maximum absolute atomic E-state index is 12.1. The molecule has 2 rings (SSSR count). The lowest BCUT2D eigenvalue weighted by Crippen LogP contribution is -2.29. The summed E-state index contributed by atoms with van der Waals surface area (Å²) in [6.45, 7) is 0. The molecule has 1 aromatic carbocycles. The normalized spacial score (nSPS) is 25.8. The van der Waals surface area contributed by atoms with Crippen LogP contribution in [0, 0.1) is 5.92 Å². The Kier molecular flexibility index (Phi) is 3.36. The smallest absolute Gasteiger partial charge is 0.336 e. The van der Waals surface area contributed by atoms with E-state index in [0.29, 0.717) is 10.6 Å². The number of carboxylic acid groups (broad SMARTS) is 1. The highest BCUT2D eigenvalue weighted by atomic mass is 35.5. The Morgan fingerprint density at radius 3 is 2.50 bits per heavy atom. The molecule has 1 aromatic rings. The van der Waals surface area contributed by atoms with E-state index in [-0.39, 0.29) is 17.2 Å². The highest BCUT2D eigenvalue weighted by Gasteiger charge is 2.65. The third-order valence-electron chi connectivity index (χ3n) is 3.16. The Balaban J connectivity index is 2.24. The van der Waals surface area contributed by atoms with Crippen molar-refractivity contribution in [1.82, 2.24) is 0 Å². The van der Waals surface area contributed by atoms with E-state index < -0.39 is 17.5 Å². The minimum atomic E-state index is -1.39. The molecule has 2 unspecified atom stereocenters. The molecule has 1 N–H and O–H groups in total. The van der Waals surface area contributed by atoms with Gasteiger partial charge in [0.1, 0.15) is 0 Å². The number of carbonyl (C=O) groups is 2. The third-order valence-corrected chi connectivity index (χ3v) is 3.90. The van der Waals surface area contributed by atoms with Crippen molar-refractivity contribution in [2.75, 3.05) is 7.11 Å². The van der Waals surface area contributed by atoms with E-state index in [1.54, 1.807) is 0 Å². The molecule has 2 atom stereocenters. The molecular formula is C12H10Cl2O4. The van der Waals surface area contributed by atoms with Gasteiger partial charge in [-0.05, 0) is 18.2 Å². The Morgan fingerprint density at radius 1 is 1.39 bits per heavy atom. The summed E-state index contributed by atoms with van der Waals surface area (Å²) in [4.78, 5) is 23.2. The fourth-order valence-electron chi connectivity index (χ4n) is 1.95. The molecule has 0 aromatic heterocycles. The zero-order valence-corrected chi connectivity index (χ0v) is 11.0. The molecule has 1 fully saturated rings. The van der Waals surface area contributed by atoms with Gasteiger partial charge in [0, 0.05) is 19.1 Å². The second-order valence-electron chi connectivity index (χ2n) is 4.15. The minimum absolute atomic E-state index is 0.178. The van der Waals surface area contributed by atoms with E-state index in [1.807, 2.05) is 0 Å². The summed E-state index contributed by atoms with van der Waals surface area (Å²) in [5.41, 5.74) is -1.04. The van der Waals surface area contributed by atoms with Gasteiger partial charge in [0.15, 0.2) is 11.4 Å². The van der Waals surface area contributed by atoms with Gasteiger partial charge in [-0.25, -0.2) is 4.79 Å². The molecule has 0 saturated heterocycles. The number of carbonyl (C=O) groups excluding carboxylic acids is 1. The molecule has 0 spiro atoms. The average Bonchev–Trinajstić information content (AvgIpc) is 3.08. The SMILES string of the molecule is COC1(C(=O)O)CC1C(=O)c1ccc(Cl)c(Cl)c1. The second kappa shape index (κ2) is 4.53. The largest absolute Gasteiger partial charge is 0.479 e. The number of rotatable bonds is 4. The van der Waals surface area contributed by atoms with Crippen molar-refractivity contribution in [2.45, 2.75) is 12.0 Å². The van der Waals surface area contributed by atoms with Gasteiger partial charge >= 0.3 is 5.97 Å². The van der Waals surface area contributed by atoms with Gasteiger partial charge in [0.2, 0.25) is 0 Å². The quantitative estimate of drug-likeness (QED) is 0.865. The maximum atomic E-state index is 12.1. The van der Waals surface area contributed by atoms with Crippen molar-refractivity contribution < 1.29 is 19.4 Å². The molecule has 1 aliphatic rings. The van der Waals surface area contributed by atoms with Crippen LogP contribution in [0.15, 0.2) is 18.2 Å². The third kappa shape index (κ3) is 2.00. The van der Waals surface area contributed by atoms with Crippen LogP contribution in [0.4, 0.5) is 0 Å². The lowest BCUT2D eigenvalue weighted by Gasteiger charge is -2.09. The van der Waals surface area contributed by atoms with Crippen LogP contribution in [0.1, 0.15) is 16.8 Å². The van der Waals surface area contributed by atoms with Gasteiger partial charge in [-0.3, -0.25) is 4.79 Å². The van der Waals surface area contributed by atoms with Gasteiger partial charge in [0.25, 0.3) is 0 Å². The van der Waals surface area contributed by atoms with Crippen molar-refractivity contribution in [3.63, 3.8) is 0 Å². The summed E-state index contributed by atoms with van der Waals surface area (Å²) in [6, 6.07) is 4.47. The Morgan fingerprint density at radius 2 is 2.06 bits per heavy atom. The van der Waals surface area contributed by atoms with E-state index in [4.69, 9.17) is 33.0 Å². The zero-order chi connectivity index (χ0) is 13.5. The monoisotopic (exact) mass is 288 g/mol. The Bertz CT molecular complexity index is 529. The number of hydrogen-bond donors (Lipinski definition) is 1. The molecule has 1 aliphatic carbocycles. The first-order valence-corrected chi connectivity index (χ1v) is 5.96. The topological polar surface area (TPSA) is 63.6 Å². The fraction of sp³-hybridized carbons (Fsp3) is 0.333. The van der Waals surface area contributed by atoms with Crippen LogP contribution in [0.25, 0.3) is 0 Å². The van der Waals surface area contributed by atoms with Crippen LogP contribution < -0.4 is 0 Å². The van der Waals surface area contributed by atoms with Crippen LogP contribution in [-0.2, 0) is 9.53 Å². The van der Waals surface area contributed by atoms with E-state index >= 15 is 0 Å². The van der Waals surface area contributed by atoms with E-state index in [1.165, 1.54) is 25.3 Å². The summed E-state index contributed by atoms with van der Waals surface area (Å²) in [5, 5.41) is 9.66. The highest BCUT2D eigenvalue weighted by Crippen LogP contribution is 2.48. The van der Waals surface area contributed by atoms with E-state index in [9.17, 15) is 9.59 Å². The van der Waals surface area contributed by atoms with Crippen LogP contribution in [-0.4, -0.2) is 29.6 Å². The number of ether oxygens (including phenoxy) is 1. The molecule has 18 heavy (non-hydrogen) atoms. The molecular weight excluding hydrogens is 279 g/mol. The molecule has 1 saturated carbocycles. The fourth-order valence-corrected chi connectivity index (χ4v) is 2.25. The first-order valence-electron chi connectivity index (χ1n) is 5.20. The summed E-state index contributed by atoms with van der Waals surface area (Å²) in [5.74, 6) is -2.08. The van der Waals surface area contributed by atoms with Crippen LogP contribution in [0.3, 0.4) is 0 Å². The van der Waals surface area contributed by atoms with Crippen LogP contribution >= 0.6 is 23.2 Å². The van der Waals surface area contributed by atoms with Crippen LogP contribution in [0.5, 0.6) is 0 Å². The van der Waals surface area contributed by atoms with Gasteiger partial charge in [-0.15, -0.1) is 0 Å². The highest BCUT2D eigenvalue weighted by molar-refractivity contribution is 6.42. The van der Waals surface area contributed by atoms with Crippen molar-refractivity contribution in [3.05, 3.63) is 33.8 Å². The first-order chi connectivity index (χ1) is 8.42. The lowest BCUT2D eigenvalue weighted by molar-refractivity contribution is -0.152. The number of Topliss-reactive ketones (excluding diaryl/α,β-unsaturated/α-hetero) is 1. The summed E-state index contributed by atoms with van der Waals surface area (Å²) >= 11 is 11.6. The zero-order valence-electron chi connectivity index (χ0n) is 9.44. The van der Waals surface area contributed by atoms with Gasteiger partial charge in [-0.1, -0.05) is 23.2 Å². The molecule has 0 aliphatic heterocycles. The van der Waals surface area contributed by atoms with Crippen LogP contribution in [0.2, 0.25) is 10.0 Å². The van der Waals surface area contributed by atoms with Gasteiger partial charge in [-0.2, -0.15) is 0 Å². The summed E-state index contributed by atoms with van der Waals surface area (Å²) in [7, 11) is 1.29. The Hall–Kier alpha value is -1.10. The summed E-state index contributed by atoms with van der Waals surface area (Å²) in [6.07, 6.45) is 0.178. The number of halogens is 2. The number of methoxy groups -OCH3 is 1. The number of benzene rings is 1. The Labute approximate surface area is 113 Å². The molecule has 0 amide bonds. The van der Waals surface area contributed by atoms with Crippen molar-refractivity contribution in [1.29, 1.82) is 0 Å². The molecule has 4 nitrogen and oxygen atoms in total. The molecule has 6 heteroatoms. The number of hydrogen-bond acceptors (Lipinski definition) is 3. The van der Waals surface area contributed by atoms with E-state index in [0.717, 1.165) is 0 Å². The lowest BCUT2D eigenvalue weighted by atomic mass is 10.0. The van der Waals surface area contributed by atoms with Crippen molar-refractivity contribution in [3.8, 4) is 0 Å². The number of aliphatic carboxylic acids is 1. The number of carboxylic acids is 1. The van der Waals surface area contributed by atoms with Crippen molar-refractivity contribution in [2.24, 2.45) is 5.92 Å². The summed E-state index contributed by atoms with van der Waals surface area (Å²) < 4.78 is 4.94. The van der Waals surface area contributed by atoms with Gasteiger partial charge in [0.05, 0.1) is 16.0 Å².